The largest absolute Gasteiger partial charge is 0.497 e. The van der Waals surface area contributed by atoms with E-state index in [0.717, 1.165) is 53.7 Å². The summed E-state index contributed by atoms with van der Waals surface area (Å²) < 4.78 is 5.45. The molecule has 1 saturated carbocycles. The number of nitrogens with zero attached hydrogens (tertiary/aromatic N) is 4. The van der Waals surface area contributed by atoms with E-state index in [0.29, 0.717) is 5.82 Å². The summed E-state index contributed by atoms with van der Waals surface area (Å²) in [7, 11) is 1.65. The topological polar surface area (TPSA) is 127 Å². The summed E-state index contributed by atoms with van der Waals surface area (Å²) in [6.45, 7) is 0. The van der Waals surface area contributed by atoms with Gasteiger partial charge in [-0.3, -0.25) is 15.4 Å². The number of hydrogen-bond acceptors (Lipinski definition) is 6. The van der Waals surface area contributed by atoms with Gasteiger partial charge in [0.1, 0.15) is 5.75 Å². The van der Waals surface area contributed by atoms with Crippen molar-refractivity contribution in [2.45, 2.75) is 37.6 Å². The molecule has 0 saturated heterocycles. The van der Waals surface area contributed by atoms with Crippen LogP contribution in [0.5, 0.6) is 5.75 Å². The van der Waals surface area contributed by atoms with E-state index < -0.39 is 0 Å². The van der Waals surface area contributed by atoms with E-state index in [2.05, 4.69) is 4.98 Å². The summed E-state index contributed by atoms with van der Waals surface area (Å²) in [5.74, 6) is 7.43. The number of nitrogens with two attached hydrogens (primary N) is 2. The Hall–Kier alpha value is -2.65. The molecule has 0 spiro atoms. The molecule has 1 aliphatic rings. The molecule has 1 aliphatic carbocycles. The Morgan fingerprint density at radius 2 is 1.85 bits per heavy atom. The first kappa shape index (κ1) is 29.4. The molecular weight excluding hydrogens is 497 g/mol. The van der Waals surface area contributed by atoms with Crippen LogP contribution in [0.3, 0.4) is 0 Å². The first-order chi connectivity index (χ1) is 15.1. The molecule has 0 bridgehead atoms. The summed E-state index contributed by atoms with van der Waals surface area (Å²) in [5.41, 5.74) is 8.30. The second-order valence-corrected chi connectivity index (χ2v) is 7.69. The fourth-order valence-electron chi connectivity index (χ4n) is 4.21. The van der Waals surface area contributed by atoms with Gasteiger partial charge in [0.2, 0.25) is 5.96 Å². The first-order valence-corrected chi connectivity index (χ1v) is 10.4. The summed E-state index contributed by atoms with van der Waals surface area (Å²) >= 11 is 0. The van der Waals surface area contributed by atoms with Crippen LogP contribution in [0.4, 0.5) is 0 Å². The second kappa shape index (κ2) is 13.3. The van der Waals surface area contributed by atoms with Gasteiger partial charge in [0, 0.05) is 17.5 Å². The number of ether oxygens (including phenoxy) is 1. The standard InChI is InChI=1S/C23H27N7O.3ClH/c1-31-16-10-11-19-18(14-16)22(17-7-2-3-8-20(17)30(26)23(24)25)29-21(28-19)12-9-15-6-4-5-13-27-15;;;/h4-6,9-14,17,20H,2-3,7-8,26H2,1H3,(H3,24,25);3*1H/b12-9-;;;/t17-,20+;;;/m0.../s1. The molecule has 2 atom stereocenters. The van der Waals surface area contributed by atoms with E-state index in [1.54, 1.807) is 13.3 Å². The average molecular weight is 527 g/mol. The van der Waals surface area contributed by atoms with E-state index in [-0.39, 0.29) is 55.1 Å². The molecule has 2 heterocycles. The molecule has 0 unspecified atom stereocenters. The van der Waals surface area contributed by atoms with Gasteiger partial charge in [0.25, 0.3) is 0 Å². The Morgan fingerprint density at radius 3 is 2.53 bits per heavy atom. The van der Waals surface area contributed by atoms with Crippen molar-refractivity contribution < 1.29 is 4.74 Å². The zero-order chi connectivity index (χ0) is 21.8. The van der Waals surface area contributed by atoms with Crippen LogP contribution in [0.1, 0.15) is 48.8 Å². The number of hydrogen-bond donors (Lipinski definition) is 3. The maximum absolute atomic E-state index is 7.83. The summed E-state index contributed by atoms with van der Waals surface area (Å²) in [6, 6.07) is 11.5. The van der Waals surface area contributed by atoms with E-state index in [1.807, 2.05) is 48.6 Å². The van der Waals surface area contributed by atoms with Gasteiger partial charge in [0.15, 0.2) is 5.82 Å². The van der Waals surface area contributed by atoms with E-state index >= 15 is 0 Å². The van der Waals surface area contributed by atoms with Crippen molar-refractivity contribution in [3.8, 4) is 5.75 Å². The highest BCUT2D eigenvalue weighted by Crippen LogP contribution is 2.38. The predicted molar refractivity (Wildman–Crippen MR) is 144 cm³/mol. The molecule has 1 fully saturated rings. The molecule has 2 aromatic heterocycles. The number of rotatable bonds is 5. The van der Waals surface area contributed by atoms with Crippen LogP contribution >= 0.6 is 37.2 Å². The maximum atomic E-state index is 7.83. The van der Waals surface area contributed by atoms with E-state index in [9.17, 15) is 0 Å². The number of hydrazine groups is 1. The highest BCUT2D eigenvalue weighted by atomic mass is 35.5. The van der Waals surface area contributed by atoms with Crippen LogP contribution in [0.25, 0.3) is 23.1 Å². The van der Waals surface area contributed by atoms with Crippen LogP contribution in [-0.4, -0.2) is 39.1 Å². The Bertz CT molecular complexity index is 1110. The number of benzene rings is 1. The van der Waals surface area contributed by atoms with Crippen molar-refractivity contribution >= 4 is 66.2 Å². The minimum atomic E-state index is -0.136. The molecule has 0 radical (unpaired) electrons. The fourth-order valence-corrected chi connectivity index (χ4v) is 4.21. The van der Waals surface area contributed by atoms with Crippen molar-refractivity contribution in [2.24, 2.45) is 11.6 Å². The number of methoxy groups -OCH3 is 1. The molecule has 0 aliphatic heterocycles. The van der Waals surface area contributed by atoms with Crippen LogP contribution in [0.2, 0.25) is 0 Å². The van der Waals surface area contributed by atoms with Gasteiger partial charge in [-0.15, -0.1) is 37.2 Å². The third kappa shape index (κ3) is 6.48. The van der Waals surface area contributed by atoms with Crippen molar-refractivity contribution in [3.63, 3.8) is 0 Å². The van der Waals surface area contributed by atoms with Gasteiger partial charge < -0.3 is 10.5 Å². The summed E-state index contributed by atoms with van der Waals surface area (Å²) in [5, 5.41) is 10.1. The molecule has 8 nitrogen and oxygen atoms in total. The molecule has 34 heavy (non-hydrogen) atoms. The molecular formula is C23H30Cl3N7O. The highest BCUT2D eigenvalue weighted by molar-refractivity contribution is 5.86. The molecule has 184 valence electrons. The lowest BCUT2D eigenvalue weighted by Crippen LogP contribution is -2.52. The highest BCUT2D eigenvalue weighted by Gasteiger charge is 2.33. The minimum absolute atomic E-state index is 0. The number of aromatic nitrogens is 3. The Morgan fingerprint density at radius 1 is 1.09 bits per heavy atom. The van der Waals surface area contributed by atoms with Crippen molar-refractivity contribution in [1.29, 1.82) is 5.41 Å². The van der Waals surface area contributed by atoms with Crippen molar-refractivity contribution in [3.05, 3.63) is 59.8 Å². The number of nitrogens with one attached hydrogen (secondary N) is 1. The zero-order valence-corrected chi connectivity index (χ0v) is 21.2. The fraction of sp³-hybridized carbons (Fsp3) is 0.304. The molecule has 0 amide bonds. The number of pyridine rings is 1. The molecule has 3 aromatic rings. The number of halogens is 3. The lowest BCUT2D eigenvalue weighted by molar-refractivity contribution is 0.212. The Labute approximate surface area is 217 Å². The lowest BCUT2D eigenvalue weighted by Gasteiger charge is -2.37. The predicted octanol–water partition coefficient (Wildman–Crippen LogP) is 4.56. The van der Waals surface area contributed by atoms with Crippen LogP contribution in [0, 0.1) is 5.41 Å². The average Bonchev–Trinajstić information content (AvgIpc) is 2.82. The van der Waals surface area contributed by atoms with E-state index in [1.165, 1.54) is 5.01 Å². The molecule has 4 rings (SSSR count). The summed E-state index contributed by atoms with van der Waals surface area (Å²) in [6.07, 6.45) is 9.41. The third-order valence-electron chi connectivity index (χ3n) is 5.76. The second-order valence-electron chi connectivity index (χ2n) is 7.69. The molecule has 11 heteroatoms. The minimum Gasteiger partial charge on any atom is -0.497 e. The van der Waals surface area contributed by atoms with Gasteiger partial charge >= 0.3 is 0 Å². The SMILES string of the molecule is COc1ccc2nc(/C=C\c3ccccn3)nc([C@H]3CCCC[C@H]3N(N)C(=N)N)c2c1.Cl.Cl.Cl. The number of fused-ring (bicyclic) bond motifs is 1. The molecule has 5 N–H and O–H groups in total. The van der Waals surface area contributed by atoms with Crippen molar-refractivity contribution in [1.82, 2.24) is 20.0 Å². The van der Waals surface area contributed by atoms with Crippen LogP contribution in [-0.2, 0) is 0 Å². The van der Waals surface area contributed by atoms with Gasteiger partial charge in [-0.2, -0.15) is 0 Å². The van der Waals surface area contributed by atoms with Gasteiger partial charge in [-0.25, -0.2) is 15.8 Å². The summed E-state index contributed by atoms with van der Waals surface area (Å²) in [4.78, 5) is 14.0. The van der Waals surface area contributed by atoms with Gasteiger partial charge in [0.05, 0.1) is 30.1 Å². The zero-order valence-electron chi connectivity index (χ0n) is 18.8. The maximum Gasteiger partial charge on any atom is 0.203 e. The third-order valence-corrected chi connectivity index (χ3v) is 5.76. The van der Waals surface area contributed by atoms with Crippen LogP contribution < -0.4 is 16.3 Å². The van der Waals surface area contributed by atoms with E-state index in [4.69, 9.17) is 31.7 Å². The number of guanidine groups is 1. The normalized spacial score (nSPS) is 17.2. The monoisotopic (exact) mass is 525 g/mol. The molecule has 1 aromatic carbocycles. The van der Waals surface area contributed by atoms with Gasteiger partial charge in [-0.05, 0) is 55.3 Å². The quantitative estimate of drug-likeness (QED) is 0.192. The van der Waals surface area contributed by atoms with Crippen LogP contribution in [0.15, 0.2) is 42.6 Å². The van der Waals surface area contributed by atoms with Crippen molar-refractivity contribution in [2.75, 3.05) is 7.11 Å². The first-order valence-electron chi connectivity index (χ1n) is 10.4. The smallest absolute Gasteiger partial charge is 0.203 e. The Kier molecular flexibility index (Phi) is 11.5. The Balaban J connectivity index is 0.00000193. The lowest BCUT2D eigenvalue weighted by atomic mass is 9.80. The van der Waals surface area contributed by atoms with Gasteiger partial charge in [-0.1, -0.05) is 18.9 Å².